The molecule has 28 heavy (non-hydrogen) atoms. The van der Waals surface area contributed by atoms with E-state index in [9.17, 15) is 4.79 Å². The predicted molar refractivity (Wildman–Crippen MR) is 110 cm³/mol. The van der Waals surface area contributed by atoms with Gasteiger partial charge in [-0.3, -0.25) is 4.79 Å². The van der Waals surface area contributed by atoms with Crippen LogP contribution in [0.2, 0.25) is 0 Å². The minimum absolute atomic E-state index is 0.00554. The minimum Gasteiger partial charge on any atom is -0.486 e. The first-order valence-corrected chi connectivity index (χ1v) is 10.2. The highest BCUT2D eigenvalue weighted by atomic mass is 32.1. The lowest BCUT2D eigenvalue weighted by molar-refractivity contribution is 0.0753. The van der Waals surface area contributed by atoms with E-state index in [0.29, 0.717) is 31.2 Å². The smallest absolute Gasteiger partial charge is 0.266 e. The van der Waals surface area contributed by atoms with Crippen molar-refractivity contribution in [1.29, 1.82) is 0 Å². The molecule has 2 heterocycles. The van der Waals surface area contributed by atoms with Crippen LogP contribution in [-0.4, -0.2) is 35.5 Å². The van der Waals surface area contributed by atoms with E-state index in [-0.39, 0.29) is 5.91 Å². The Kier molecular flexibility index (Phi) is 5.30. The fourth-order valence-electron chi connectivity index (χ4n) is 3.23. The van der Waals surface area contributed by atoms with Gasteiger partial charge < -0.3 is 14.4 Å². The fraction of sp³-hybridized carbons (Fsp3) is 0.273. The van der Waals surface area contributed by atoms with E-state index >= 15 is 0 Å². The van der Waals surface area contributed by atoms with Crippen LogP contribution in [0.25, 0.3) is 10.6 Å². The maximum Gasteiger partial charge on any atom is 0.266 e. The molecule has 3 aromatic rings. The van der Waals surface area contributed by atoms with Crippen molar-refractivity contribution in [3.63, 3.8) is 0 Å². The molecule has 2 aromatic carbocycles. The van der Waals surface area contributed by atoms with Crippen molar-refractivity contribution in [1.82, 2.24) is 9.88 Å². The van der Waals surface area contributed by atoms with Crippen LogP contribution in [-0.2, 0) is 6.54 Å². The fourth-order valence-corrected chi connectivity index (χ4v) is 4.27. The molecule has 0 saturated carbocycles. The van der Waals surface area contributed by atoms with Gasteiger partial charge in [-0.15, -0.1) is 11.3 Å². The minimum atomic E-state index is -0.00554. The third-order valence-electron chi connectivity index (χ3n) is 4.69. The Balaban J connectivity index is 1.60. The Hall–Kier alpha value is -2.86. The van der Waals surface area contributed by atoms with E-state index in [1.165, 1.54) is 11.3 Å². The number of ether oxygens (including phenoxy) is 2. The molecule has 1 aromatic heterocycles. The molecule has 1 aliphatic rings. The number of nitrogens with zero attached hydrogens (tertiary/aromatic N) is 2. The van der Waals surface area contributed by atoms with Gasteiger partial charge in [0, 0.05) is 24.2 Å². The van der Waals surface area contributed by atoms with Gasteiger partial charge in [-0.05, 0) is 19.9 Å². The molecule has 0 atom stereocenters. The molecule has 0 N–H and O–H groups in total. The molecule has 0 aliphatic carbocycles. The maximum atomic E-state index is 13.2. The van der Waals surface area contributed by atoms with E-state index in [1.54, 1.807) is 0 Å². The number of thiazole rings is 1. The number of aromatic nitrogens is 1. The van der Waals surface area contributed by atoms with Crippen molar-refractivity contribution in [3.05, 3.63) is 64.7 Å². The molecule has 1 aliphatic heterocycles. The van der Waals surface area contributed by atoms with Crippen molar-refractivity contribution in [2.45, 2.75) is 20.4 Å². The van der Waals surface area contributed by atoms with Gasteiger partial charge in [0.05, 0.1) is 5.69 Å². The highest BCUT2D eigenvalue weighted by Crippen LogP contribution is 2.35. The van der Waals surface area contributed by atoms with Crippen molar-refractivity contribution >= 4 is 17.2 Å². The first-order valence-electron chi connectivity index (χ1n) is 9.37. The third-order valence-corrected chi connectivity index (χ3v) is 5.88. The van der Waals surface area contributed by atoms with E-state index in [0.717, 1.165) is 33.3 Å². The van der Waals surface area contributed by atoms with Crippen LogP contribution in [0.3, 0.4) is 0 Å². The normalized spacial score (nSPS) is 12.6. The molecular formula is C22H22N2O3S. The second kappa shape index (κ2) is 8.02. The summed E-state index contributed by atoms with van der Waals surface area (Å²) in [5.41, 5.74) is 2.75. The first-order chi connectivity index (χ1) is 13.7. The molecule has 0 spiro atoms. The predicted octanol–water partition coefficient (Wildman–Crippen LogP) is 4.55. The van der Waals surface area contributed by atoms with Crippen LogP contribution in [0.5, 0.6) is 11.5 Å². The van der Waals surface area contributed by atoms with Gasteiger partial charge >= 0.3 is 0 Å². The summed E-state index contributed by atoms with van der Waals surface area (Å²) in [6, 6.07) is 15.8. The van der Waals surface area contributed by atoms with E-state index in [1.807, 2.05) is 67.3 Å². The number of rotatable bonds is 5. The van der Waals surface area contributed by atoms with E-state index < -0.39 is 0 Å². The second-order valence-electron chi connectivity index (χ2n) is 6.56. The van der Waals surface area contributed by atoms with Crippen molar-refractivity contribution in [2.75, 3.05) is 19.8 Å². The van der Waals surface area contributed by atoms with Crippen molar-refractivity contribution < 1.29 is 14.3 Å². The summed E-state index contributed by atoms with van der Waals surface area (Å²) < 4.78 is 11.5. The number of para-hydroxylation sites is 1. The number of carbonyl (C=O) groups excluding carboxylic acids is 1. The van der Waals surface area contributed by atoms with Gasteiger partial charge in [0.2, 0.25) is 0 Å². The molecule has 0 bridgehead atoms. The summed E-state index contributed by atoms with van der Waals surface area (Å²) in [6.07, 6.45) is 0. The topological polar surface area (TPSA) is 51.7 Å². The number of aryl methyl sites for hydroxylation is 1. The van der Waals surface area contributed by atoms with Crippen molar-refractivity contribution in [3.8, 4) is 22.1 Å². The summed E-state index contributed by atoms with van der Waals surface area (Å²) in [4.78, 5) is 20.4. The Bertz CT molecular complexity index is 985. The lowest BCUT2D eigenvalue weighted by Gasteiger charge is -2.25. The standard InChI is InChI=1S/C22H22N2O3S/c1-3-24(14-17-10-7-11-18-19(17)27-13-12-26-18)22(25)20-15(2)23-21(28-20)16-8-5-4-6-9-16/h4-11H,3,12-14H2,1-2H3. The highest BCUT2D eigenvalue weighted by molar-refractivity contribution is 7.17. The van der Waals surface area contributed by atoms with Crippen LogP contribution in [0.1, 0.15) is 27.9 Å². The summed E-state index contributed by atoms with van der Waals surface area (Å²) >= 11 is 1.45. The molecule has 1 amide bonds. The van der Waals surface area contributed by atoms with Gasteiger partial charge in [-0.25, -0.2) is 4.98 Å². The molecule has 0 fully saturated rings. The molecule has 5 nitrogen and oxygen atoms in total. The van der Waals surface area contributed by atoms with Gasteiger partial charge in [0.25, 0.3) is 5.91 Å². The van der Waals surface area contributed by atoms with Crippen LogP contribution < -0.4 is 9.47 Å². The number of hydrogen-bond donors (Lipinski definition) is 0. The largest absolute Gasteiger partial charge is 0.486 e. The Morgan fingerprint density at radius 1 is 1.11 bits per heavy atom. The molecule has 0 saturated heterocycles. The SMILES string of the molecule is CCN(Cc1cccc2c1OCCO2)C(=O)c1sc(-c2ccccc2)nc1C. The molecule has 0 radical (unpaired) electrons. The zero-order valence-corrected chi connectivity index (χ0v) is 16.8. The quantitative estimate of drug-likeness (QED) is 0.637. The lowest BCUT2D eigenvalue weighted by Crippen LogP contribution is -2.30. The van der Waals surface area contributed by atoms with Crippen molar-refractivity contribution in [2.24, 2.45) is 0 Å². The number of carbonyl (C=O) groups is 1. The van der Waals surface area contributed by atoms with Crippen LogP contribution in [0, 0.1) is 6.92 Å². The monoisotopic (exact) mass is 394 g/mol. The average Bonchev–Trinajstić information content (AvgIpc) is 3.14. The third kappa shape index (κ3) is 3.60. The van der Waals surface area contributed by atoms with Gasteiger partial charge in [0.1, 0.15) is 23.1 Å². The summed E-state index contributed by atoms with van der Waals surface area (Å²) in [7, 11) is 0. The van der Waals surface area contributed by atoms with E-state index in [4.69, 9.17) is 9.47 Å². The molecule has 144 valence electrons. The highest BCUT2D eigenvalue weighted by Gasteiger charge is 2.24. The van der Waals surface area contributed by atoms with Gasteiger partial charge in [0.15, 0.2) is 11.5 Å². The van der Waals surface area contributed by atoms with E-state index in [2.05, 4.69) is 4.98 Å². The van der Waals surface area contributed by atoms with Crippen LogP contribution >= 0.6 is 11.3 Å². The summed E-state index contributed by atoms with van der Waals surface area (Å²) in [5, 5.41) is 0.867. The zero-order valence-electron chi connectivity index (χ0n) is 16.0. The van der Waals surface area contributed by atoms with Crippen LogP contribution in [0.15, 0.2) is 48.5 Å². The Labute approximate surface area is 168 Å². The summed E-state index contributed by atoms with van der Waals surface area (Å²) in [5.74, 6) is 1.48. The second-order valence-corrected chi connectivity index (χ2v) is 7.56. The molecule has 6 heteroatoms. The Morgan fingerprint density at radius 3 is 2.68 bits per heavy atom. The maximum absolute atomic E-state index is 13.2. The number of hydrogen-bond acceptors (Lipinski definition) is 5. The Morgan fingerprint density at radius 2 is 1.89 bits per heavy atom. The molecule has 4 rings (SSSR count). The summed E-state index contributed by atoms with van der Waals surface area (Å²) in [6.45, 7) is 6.03. The lowest BCUT2D eigenvalue weighted by atomic mass is 10.1. The number of amides is 1. The number of benzene rings is 2. The van der Waals surface area contributed by atoms with Gasteiger partial charge in [-0.2, -0.15) is 0 Å². The first kappa shape index (κ1) is 18.5. The van der Waals surface area contributed by atoms with Crippen LogP contribution in [0.4, 0.5) is 0 Å². The van der Waals surface area contributed by atoms with Gasteiger partial charge in [-0.1, -0.05) is 42.5 Å². The molecule has 0 unspecified atom stereocenters. The average molecular weight is 394 g/mol. The molecular weight excluding hydrogens is 372 g/mol. The zero-order chi connectivity index (χ0) is 19.5. The number of fused-ring (bicyclic) bond motifs is 1.